The van der Waals surface area contributed by atoms with E-state index >= 15 is 0 Å². The minimum atomic E-state index is -1.16. The summed E-state index contributed by atoms with van der Waals surface area (Å²) in [5, 5.41) is 25.0. The first-order valence-corrected chi connectivity index (χ1v) is 9.62. The Morgan fingerprint density at radius 1 is 1.21 bits per heavy atom. The van der Waals surface area contributed by atoms with E-state index in [0.717, 1.165) is 11.1 Å². The first kappa shape index (κ1) is 18.5. The molecule has 0 radical (unpaired) electrons. The van der Waals surface area contributed by atoms with Gasteiger partial charge in [-0.3, -0.25) is 0 Å². The standard InChI is InChI=1S/C19H15ClN4O3S/c1-27-14-5-3-2-4-13(14)18-21-22-19-24(18)23-17(15(28-19)10-16(25)26)11-6-8-12(20)9-7-11/h2-9,15H,10H2,1H3,(H,25,26)/p-1/t15-/m0/s1. The van der Waals surface area contributed by atoms with Gasteiger partial charge in [0.25, 0.3) is 0 Å². The Morgan fingerprint density at radius 3 is 2.68 bits per heavy atom. The second-order valence-electron chi connectivity index (χ2n) is 5.99. The molecule has 0 saturated heterocycles. The number of hydrogen-bond donors (Lipinski definition) is 0. The van der Waals surface area contributed by atoms with Gasteiger partial charge in [-0.15, -0.1) is 10.2 Å². The zero-order valence-electron chi connectivity index (χ0n) is 14.7. The highest BCUT2D eigenvalue weighted by atomic mass is 35.5. The molecule has 1 aromatic heterocycles. The highest BCUT2D eigenvalue weighted by Crippen LogP contribution is 2.36. The largest absolute Gasteiger partial charge is 0.550 e. The van der Waals surface area contributed by atoms with E-state index in [1.807, 2.05) is 36.4 Å². The summed E-state index contributed by atoms with van der Waals surface area (Å²) in [6.07, 6.45) is -0.191. The van der Waals surface area contributed by atoms with Gasteiger partial charge in [0.2, 0.25) is 5.16 Å². The number of methoxy groups -OCH3 is 1. The Balaban J connectivity index is 1.85. The first-order valence-electron chi connectivity index (χ1n) is 8.37. The molecular formula is C19H14ClN4O3S-. The van der Waals surface area contributed by atoms with Crippen molar-refractivity contribution in [3.8, 4) is 17.1 Å². The number of fused-ring (bicyclic) bond motifs is 1. The number of aliphatic carboxylic acids is 1. The molecule has 2 heterocycles. The third-order valence-electron chi connectivity index (χ3n) is 4.21. The summed E-state index contributed by atoms with van der Waals surface area (Å²) in [4.78, 5) is 11.3. The Hall–Kier alpha value is -2.84. The van der Waals surface area contributed by atoms with Crippen LogP contribution >= 0.6 is 23.4 Å². The maximum atomic E-state index is 11.3. The predicted molar refractivity (Wildman–Crippen MR) is 105 cm³/mol. The van der Waals surface area contributed by atoms with Crippen molar-refractivity contribution >= 4 is 35.0 Å². The second kappa shape index (κ2) is 7.65. The highest BCUT2D eigenvalue weighted by molar-refractivity contribution is 8.00. The topological polar surface area (TPSA) is 92.4 Å². The molecule has 142 valence electrons. The lowest BCUT2D eigenvalue weighted by Crippen LogP contribution is -2.32. The van der Waals surface area contributed by atoms with Gasteiger partial charge in [-0.2, -0.15) is 9.78 Å². The molecule has 3 aromatic rings. The quantitative estimate of drug-likeness (QED) is 0.638. The fraction of sp³-hybridized carbons (Fsp3) is 0.158. The number of aromatic nitrogens is 3. The number of thioether (sulfide) groups is 1. The summed E-state index contributed by atoms with van der Waals surface area (Å²) in [6.45, 7) is 0. The van der Waals surface area contributed by atoms with E-state index in [4.69, 9.17) is 16.3 Å². The monoisotopic (exact) mass is 413 g/mol. The number of halogens is 1. The van der Waals surface area contributed by atoms with Crippen molar-refractivity contribution in [3.63, 3.8) is 0 Å². The van der Waals surface area contributed by atoms with Gasteiger partial charge < -0.3 is 14.6 Å². The van der Waals surface area contributed by atoms with Crippen molar-refractivity contribution in [1.82, 2.24) is 14.9 Å². The average Bonchev–Trinajstić information content (AvgIpc) is 3.10. The summed E-state index contributed by atoms with van der Waals surface area (Å²) in [5.74, 6) is -0.00167. The molecule has 1 atom stereocenters. The molecule has 1 aliphatic heterocycles. The Labute approximate surface area is 170 Å². The van der Waals surface area contributed by atoms with Gasteiger partial charge in [-0.05, 0) is 29.8 Å². The van der Waals surface area contributed by atoms with E-state index < -0.39 is 11.2 Å². The fourth-order valence-corrected chi connectivity index (χ4v) is 4.15. The molecular weight excluding hydrogens is 400 g/mol. The van der Waals surface area contributed by atoms with Gasteiger partial charge >= 0.3 is 0 Å². The second-order valence-corrected chi connectivity index (χ2v) is 7.60. The molecule has 0 spiro atoms. The average molecular weight is 414 g/mol. The molecule has 4 rings (SSSR count). The van der Waals surface area contributed by atoms with E-state index in [0.29, 0.717) is 27.5 Å². The van der Waals surface area contributed by atoms with E-state index in [1.54, 1.807) is 23.9 Å². The number of para-hydroxylation sites is 1. The maximum Gasteiger partial charge on any atom is 0.213 e. The van der Waals surface area contributed by atoms with Crippen molar-refractivity contribution in [2.24, 2.45) is 5.10 Å². The van der Waals surface area contributed by atoms with Crippen LogP contribution < -0.4 is 9.84 Å². The van der Waals surface area contributed by atoms with E-state index in [2.05, 4.69) is 15.3 Å². The smallest absolute Gasteiger partial charge is 0.213 e. The van der Waals surface area contributed by atoms with Gasteiger partial charge in [0.05, 0.1) is 23.6 Å². The number of carboxylic acids is 1. The molecule has 0 bridgehead atoms. The number of carboxylic acid groups (broad SMARTS) is 1. The SMILES string of the molecule is COc1ccccc1-c1nnc2n1N=C(c1ccc(Cl)cc1)[C@H](CC(=O)[O-])S2. The van der Waals surface area contributed by atoms with Crippen molar-refractivity contribution in [2.45, 2.75) is 16.8 Å². The van der Waals surface area contributed by atoms with Gasteiger partial charge in [-0.25, -0.2) is 0 Å². The van der Waals surface area contributed by atoms with E-state index in [9.17, 15) is 9.90 Å². The third-order valence-corrected chi connectivity index (χ3v) is 5.60. The zero-order chi connectivity index (χ0) is 19.7. The predicted octanol–water partition coefficient (Wildman–Crippen LogP) is 2.47. The molecule has 0 unspecified atom stereocenters. The molecule has 0 amide bonds. The molecule has 0 fully saturated rings. The molecule has 28 heavy (non-hydrogen) atoms. The molecule has 0 saturated carbocycles. The summed E-state index contributed by atoms with van der Waals surface area (Å²) >= 11 is 7.27. The van der Waals surface area contributed by atoms with Crippen LogP contribution in [0.5, 0.6) is 5.75 Å². The van der Waals surface area contributed by atoms with Crippen molar-refractivity contribution in [2.75, 3.05) is 7.11 Å². The Kier molecular flexibility index (Phi) is 5.06. The summed E-state index contributed by atoms with van der Waals surface area (Å²) < 4.78 is 7.03. The summed E-state index contributed by atoms with van der Waals surface area (Å²) in [7, 11) is 1.58. The normalized spacial score (nSPS) is 15.6. The lowest BCUT2D eigenvalue weighted by Gasteiger charge is -2.23. The van der Waals surface area contributed by atoms with Crippen molar-refractivity contribution in [1.29, 1.82) is 0 Å². The molecule has 0 N–H and O–H groups in total. The highest BCUT2D eigenvalue weighted by Gasteiger charge is 2.30. The van der Waals surface area contributed by atoms with Gasteiger partial charge in [0.1, 0.15) is 5.75 Å². The molecule has 7 nitrogen and oxygen atoms in total. The fourth-order valence-electron chi connectivity index (χ4n) is 2.94. The number of benzene rings is 2. The molecule has 0 aliphatic carbocycles. The minimum absolute atomic E-state index is 0.191. The molecule has 9 heteroatoms. The maximum absolute atomic E-state index is 11.3. The lowest BCUT2D eigenvalue weighted by atomic mass is 10.1. The van der Waals surface area contributed by atoms with E-state index in [1.165, 1.54) is 11.8 Å². The van der Waals surface area contributed by atoms with Crippen LogP contribution in [0.25, 0.3) is 11.4 Å². The van der Waals surface area contributed by atoms with Gasteiger partial charge in [0.15, 0.2) is 5.82 Å². The number of hydrogen-bond acceptors (Lipinski definition) is 7. The van der Waals surface area contributed by atoms with Crippen LogP contribution in [0.15, 0.2) is 58.8 Å². The third kappa shape index (κ3) is 3.48. The number of carbonyl (C=O) groups excluding carboxylic acids is 1. The van der Waals surface area contributed by atoms with Crippen LogP contribution in [-0.4, -0.2) is 38.9 Å². The van der Waals surface area contributed by atoms with Crippen molar-refractivity contribution in [3.05, 3.63) is 59.1 Å². The van der Waals surface area contributed by atoms with Crippen LogP contribution in [0.3, 0.4) is 0 Å². The number of nitrogens with zero attached hydrogens (tertiary/aromatic N) is 4. The van der Waals surface area contributed by atoms with Crippen LogP contribution in [0.2, 0.25) is 5.02 Å². The van der Waals surface area contributed by atoms with Crippen LogP contribution in [0, 0.1) is 0 Å². The van der Waals surface area contributed by atoms with Gasteiger partial charge in [-0.1, -0.05) is 47.6 Å². The van der Waals surface area contributed by atoms with Gasteiger partial charge in [0, 0.05) is 17.4 Å². The zero-order valence-corrected chi connectivity index (χ0v) is 16.3. The Bertz CT molecular complexity index is 1070. The van der Waals surface area contributed by atoms with Crippen LogP contribution in [0.4, 0.5) is 0 Å². The van der Waals surface area contributed by atoms with Crippen LogP contribution in [0.1, 0.15) is 12.0 Å². The molecule has 2 aromatic carbocycles. The minimum Gasteiger partial charge on any atom is -0.550 e. The summed E-state index contributed by atoms with van der Waals surface area (Å²) in [5.41, 5.74) is 2.10. The summed E-state index contributed by atoms with van der Waals surface area (Å²) in [6, 6.07) is 14.5. The van der Waals surface area contributed by atoms with Crippen LogP contribution in [-0.2, 0) is 4.79 Å². The molecule has 1 aliphatic rings. The van der Waals surface area contributed by atoms with E-state index in [-0.39, 0.29) is 6.42 Å². The van der Waals surface area contributed by atoms with Crippen molar-refractivity contribution < 1.29 is 14.6 Å². The Morgan fingerprint density at radius 2 is 1.96 bits per heavy atom. The number of ether oxygens (including phenoxy) is 1. The first-order chi connectivity index (χ1) is 13.6. The number of carbonyl (C=O) groups is 1. The number of rotatable bonds is 5. The lowest BCUT2D eigenvalue weighted by molar-refractivity contribution is -0.305.